The Labute approximate surface area is 246 Å². The molecule has 1 saturated heterocycles. The van der Waals surface area contributed by atoms with Crippen molar-refractivity contribution in [2.45, 2.75) is 20.5 Å². The predicted molar refractivity (Wildman–Crippen MR) is 163 cm³/mol. The number of nitrogens with zero attached hydrogens (tertiary/aromatic N) is 1. The highest BCUT2D eigenvalue weighted by molar-refractivity contribution is 9.10. The summed E-state index contributed by atoms with van der Waals surface area (Å²) in [4.78, 5) is 27.2. The van der Waals surface area contributed by atoms with Gasteiger partial charge in [0.15, 0.2) is 11.5 Å². The number of carbonyl (C=O) groups excluding carboxylic acids is 2. The van der Waals surface area contributed by atoms with Crippen LogP contribution in [0.5, 0.6) is 17.2 Å². The first-order valence-corrected chi connectivity index (χ1v) is 14.5. The van der Waals surface area contributed by atoms with Crippen molar-refractivity contribution in [2.24, 2.45) is 0 Å². The quantitative estimate of drug-likeness (QED) is 0.168. The summed E-state index contributed by atoms with van der Waals surface area (Å²) in [6.45, 7) is 5.10. The minimum Gasteiger partial charge on any atom is -0.492 e. The molecule has 0 spiro atoms. The van der Waals surface area contributed by atoms with Gasteiger partial charge in [-0.05, 0) is 93.8 Å². The van der Waals surface area contributed by atoms with Gasteiger partial charge in [0.1, 0.15) is 19.0 Å². The molecule has 8 heteroatoms. The smallest absolute Gasteiger partial charge is 0.293 e. The van der Waals surface area contributed by atoms with Gasteiger partial charge in [-0.15, -0.1) is 0 Å². The van der Waals surface area contributed by atoms with Gasteiger partial charge in [-0.1, -0.05) is 60.2 Å². The number of amides is 2. The van der Waals surface area contributed by atoms with Crippen LogP contribution in [0.2, 0.25) is 0 Å². The van der Waals surface area contributed by atoms with Crippen LogP contribution < -0.4 is 14.2 Å². The molecular weight excluding hydrogens is 590 g/mol. The fourth-order valence-corrected chi connectivity index (χ4v) is 5.82. The Morgan fingerprint density at radius 1 is 0.925 bits per heavy atom. The first-order chi connectivity index (χ1) is 19.4. The van der Waals surface area contributed by atoms with Gasteiger partial charge >= 0.3 is 0 Å². The lowest BCUT2D eigenvalue weighted by molar-refractivity contribution is -0.123. The minimum absolute atomic E-state index is 0.171. The van der Waals surface area contributed by atoms with Crippen LogP contribution in [0, 0.1) is 6.92 Å². The van der Waals surface area contributed by atoms with Crippen LogP contribution in [0.4, 0.5) is 4.79 Å². The van der Waals surface area contributed by atoms with Gasteiger partial charge in [0, 0.05) is 0 Å². The minimum atomic E-state index is -0.340. The average Bonchev–Trinajstić information content (AvgIpc) is 3.21. The van der Waals surface area contributed by atoms with Crippen LogP contribution in [-0.4, -0.2) is 35.8 Å². The lowest BCUT2D eigenvalue weighted by Gasteiger charge is -2.16. The zero-order valence-electron chi connectivity index (χ0n) is 22.2. The van der Waals surface area contributed by atoms with Crippen molar-refractivity contribution in [1.29, 1.82) is 0 Å². The Morgan fingerprint density at radius 3 is 2.50 bits per heavy atom. The van der Waals surface area contributed by atoms with Crippen LogP contribution in [0.3, 0.4) is 0 Å². The second-order valence-electron chi connectivity index (χ2n) is 9.18. The van der Waals surface area contributed by atoms with Gasteiger partial charge in [0.2, 0.25) is 0 Å². The molecule has 4 aromatic rings. The number of thioether (sulfide) groups is 1. The first-order valence-electron chi connectivity index (χ1n) is 12.9. The van der Waals surface area contributed by atoms with Crippen LogP contribution >= 0.6 is 27.7 Å². The van der Waals surface area contributed by atoms with Crippen molar-refractivity contribution in [1.82, 2.24) is 4.90 Å². The van der Waals surface area contributed by atoms with Crippen molar-refractivity contribution < 1.29 is 23.8 Å². The molecule has 2 amide bonds. The molecule has 0 aromatic heterocycles. The first kappa shape index (κ1) is 27.8. The molecule has 0 N–H and O–H groups in total. The van der Waals surface area contributed by atoms with Crippen LogP contribution in [0.15, 0.2) is 88.2 Å². The summed E-state index contributed by atoms with van der Waals surface area (Å²) in [5, 5.41) is 1.97. The zero-order valence-corrected chi connectivity index (χ0v) is 24.6. The molecule has 6 nitrogen and oxygen atoms in total. The highest BCUT2D eigenvalue weighted by Crippen LogP contribution is 2.40. The van der Waals surface area contributed by atoms with Gasteiger partial charge in [-0.25, -0.2) is 0 Å². The molecule has 204 valence electrons. The van der Waals surface area contributed by atoms with Gasteiger partial charge < -0.3 is 14.2 Å². The molecule has 0 aliphatic carbocycles. The summed E-state index contributed by atoms with van der Waals surface area (Å²) in [5.41, 5.74) is 2.91. The summed E-state index contributed by atoms with van der Waals surface area (Å²) < 4.78 is 18.5. The van der Waals surface area contributed by atoms with Crippen molar-refractivity contribution in [2.75, 3.05) is 19.8 Å². The standard InChI is InChI=1S/C32H28BrNO5S/c1-3-37-28-18-22(17-27(33)30(28)39-20-24-9-6-8-23-7-4-5-10-26(23)24)19-29-31(35)34(32(36)40-29)15-16-38-25-13-11-21(2)12-14-25/h4-14,17-19H,3,15-16,20H2,1-2H3/b29-19-. The SMILES string of the molecule is CCOc1cc(/C=C2\SC(=O)N(CCOc3ccc(C)cc3)C2=O)cc(Br)c1OCc1cccc2ccccc12. The van der Waals surface area contributed by atoms with E-state index < -0.39 is 0 Å². The van der Waals surface area contributed by atoms with E-state index in [2.05, 4.69) is 34.1 Å². The van der Waals surface area contributed by atoms with E-state index in [0.29, 0.717) is 45.4 Å². The number of carbonyl (C=O) groups is 2. The van der Waals surface area contributed by atoms with Gasteiger partial charge in [-0.3, -0.25) is 14.5 Å². The lowest BCUT2D eigenvalue weighted by Crippen LogP contribution is -2.32. The lowest BCUT2D eigenvalue weighted by atomic mass is 10.1. The second-order valence-corrected chi connectivity index (χ2v) is 11.0. The molecule has 40 heavy (non-hydrogen) atoms. The number of aryl methyl sites for hydroxylation is 1. The van der Waals surface area contributed by atoms with Crippen LogP contribution in [0.1, 0.15) is 23.6 Å². The third kappa shape index (κ3) is 6.35. The van der Waals surface area contributed by atoms with E-state index in [9.17, 15) is 9.59 Å². The van der Waals surface area contributed by atoms with Crippen LogP contribution in [-0.2, 0) is 11.4 Å². The molecule has 4 aromatic carbocycles. The molecular formula is C32H28BrNO5S. The molecule has 1 fully saturated rings. The predicted octanol–water partition coefficient (Wildman–Crippen LogP) is 8.00. The van der Waals surface area contributed by atoms with E-state index in [1.165, 1.54) is 4.90 Å². The number of rotatable bonds is 10. The third-order valence-corrected chi connectivity index (χ3v) is 7.86. The van der Waals surface area contributed by atoms with Crippen molar-refractivity contribution in [3.8, 4) is 17.2 Å². The monoisotopic (exact) mass is 617 g/mol. The fourth-order valence-electron chi connectivity index (χ4n) is 4.38. The van der Waals surface area contributed by atoms with E-state index in [0.717, 1.165) is 33.7 Å². The molecule has 5 rings (SSSR count). The number of imide groups is 1. The van der Waals surface area contributed by atoms with Crippen LogP contribution in [0.25, 0.3) is 16.8 Å². The average molecular weight is 619 g/mol. The second kappa shape index (κ2) is 12.6. The van der Waals surface area contributed by atoms with E-state index in [4.69, 9.17) is 14.2 Å². The van der Waals surface area contributed by atoms with Gasteiger partial charge in [0.25, 0.3) is 11.1 Å². The molecule has 0 unspecified atom stereocenters. The third-order valence-electron chi connectivity index (χ3n) is 6.36. The van der Waals surface area contributed by atoms with Gasteiger partial charge in [-0.2, -0.15) is 0 Å². The number of benzene rings is 4. The maximum Gasteiger partial charge on any atom is 0.293 e. The maximum absolute atomic E-state index is 13.0. The highest BCUT2D eigenvalue weighted by atomic mass is 79.9. The van der Waals surface area contributed by atoms with E-state index in [1.807, 2.05) is 74.5 Å². The van der Waals surface area contributed by atoms with Crippen molar-refractivity contribution >= 4 is 55.7 Å². The molecule has 1 aliphatic rings. The molecule has 1 aliphatic heterocycles. The number of halogens is 1. The summed E-state index contributed by atoms with van der Waals surface area (Å²) in [6, 6.07) is 25.6. The van der Waals surface area contributed by atoms with Crippen molar-refractivity contribution in [3.05, 3.63) is 105 Å². The Balaban J connectivity index is 1.30. The summed E-state index contributed by atoms with van der Waals surface area (Å²) in [5.74, 6) is 1.49. The Kier molecular flexibility index (Phi) is 8.77. The Hall–Kier alpha value is -3.75. The van der Waals surface area contributed by atoms with Crippen molar-refractivity contribution in [3.63, 3.8) is 0 Å². The molecule has 0 bridgehead atoms. The summed E-state index contributed by atoms with van der Waals surface area (Å²) in [6.07, 6.45) is 1.70. The Morgan fingerprint density at radius 2 is 1.70 bits per heavy atom. The number of hydrogen-bond acceptors (Lipinski definition) is 6. The topological polar surface area (TPSA) is 65.1 Å². The van der Waals surface area contributed by atoms with E-state index in [1.54, 1.807) is 6.08 Å². The van der Waals surface area contributed by atoms with E-state index in [-0.39, 0.29) is 24.3 Å². The number of hydrogen-bond donors (Lipinski definition) is 0. The highest BCUT2D eigenvalue weighted by Gasteiger charge is 2.35. The molecule has 0 saturated carbocycles. The normalized spacial score (nSPS) is 14.3. The zero-order chi connectivity index (χ0) is 28.1. The van der Waals surface area contributed by atoms with Gasteiger partial charge in [0.05, 0.1) is 22.5 Å². The molecule has 1 heterocycles. The summed E-state index contributed by atoms with van der Waals surface area (Å²) in [7, 11) is 0. The maximum atomic E-state index is 13.0. The summed E-state index contributed by atoms with van der Waals surface area (Å²) >= 11 is 4.54. The van der Waals surface area contributed by atoms with E-state index >= 15 is 0 Å². The molecule has 0 atom stereocenters. The number of fused-ring (bicyclic) bond motifs is 1. The molecule has 0 radical (unpaired) electrons. The Bertz CT molecular complexity index is 1580. The largest absolute Gasteiger partial charge is 0.492 e. The number of ether oxygens (including phenoxy) is 3. The fraction of sp³-hybridized carbons (Fsp3) is 0.188.